The molecule has 0 aliphatic rings. The lowest BCUT2D eigenvalue weighted by atomic mass is 10.2. The van der Waals surface area contributed by atoms with E-state index in [-0.39, 0.29) is 18.5 Å². The zero-order valence-corrected chi connectivity index (χ0v) is 11.0. The molecule has 5 heteroatoms. The number of hydrogen-bond acceptors (Lipinski definition) is 3. The third-order valence-corrected chi connectivity index (χ3v) is 2.59. The largest absolute Gasteiger partial charge is 0.459 e. The summed E-state index contributed by atoms with van der Waals surface area (Å²) in [5.74, 6) is -0.133. The predicted octanol–water partition coefficient (Wildman–Crippen LogP) is 3.03. The first-order valence-corrected chi connectivity index (χ1v) is 6.08. The summed E-state index contributed by atoms with van der Waals surface area (Å²) in [5, 5.41) is 0.687. The lowest BCUT2D eigenvalue weighted by Crippen LogP contribution is -2.23. The normalized spacial score (nSPS) is 12.2. The molecule has 0 N–H and O–H groups in total. The van der Waals surface area contributed by atoms with Crippen LogP contribution in [-0.2, 0) is 20.9 Å². The minimum absolute atomic E-state index is 0.222. The molecule has 1 unspecified atom stereocenters. The van der Waals surface area contributed by atoms with E-state index in [1.165, 1.54) is 6.92 Å². The van der Waals surface area contributed by atoms with Crippen LogP contribution in [0.25, 0.3) is 0 Å². The van der Waals surface area contributed by atoms with Gasteiger partial charge in [-0.25, -0.2) is 0 Å². The Morgan fingerprint density at radius 2 is 2.00 bits per heavy atom. The van der Waals surface area contributed by atoms with Gasteiger partial charge in [-0.2, -0.15) is 0 Å². The molecule has 17 heavy (non-hydrogen) atoms. The molecule has 0 saturated carbocycles. The van der Waals surface area contributed by atoms with Gasteiger partial charge in [0.05, 0.1) is 19.1 Å². The van der Waals surface area contributed by atoms with Crippen LogP contribution in [0.3, 0.4) is 0 Å². The lowest BCUT2D eigenvalue weighted by Gasteiger charge is -2.14. The van der Waals surface area contributed by atoms with Crippen molar-refractivity contribution in [2.75, 3.05) is 12.5 Å². The van der Waals surface area contributed by atoms with Crippen LogP contribution in [0.1, 0.15) is 12.5 Å². The first kappa shape index (κ1) is 14.3. The van der Waals surface area contributed by atoms with Crippen molar-refractivity contribution in [2.45, 2.75) is 19.6 Å². The van der Waals surface area contributed by atoms with Crippen molar-refractivity contribution in [3.05, 3.63) is 34.9 Å². The first-order chi connectivity index (χ1) is 8.11. The quantitative estimate of drug-likeness (QED) is 0.592. The molecule has 1 atom stereocenters. The maximum Gasteiger partial charge on any atom is 0.303 e. The van der Waals surface area contributed by atoms with Gasteiger partial charge in [0, 0.05) is 11.9 Å². The molecule has 0 radical (unpaired) electrons. The number of esters is 1. The van der Waals surface area contributed by atoms with Crippen LogP contribution in [0.2, 0.25) is 5.02 Å². The van der Waals surface area contributed by atoms with Gasteiger partial charge < -0.3 is 9.47 Å². The van der Waals surface area contributed by atoms with Crippen LogP contribution in [-0.4, -0.2) is 24.6 Å². The maximum atomic E-state index is 10.7. The molecule has 0 aliphatic heterocycles. The molecular weight excluding hydrogens is 263 g/mol. The highest BCUT2D eigenvalue weighted by Crippen LogP contribution is 2.10. The van der Waals surface area contributed by atoms with Crippen molar-refractivity contribution < 1.29 is 14.3 Å². The van der Waals surface area contributed by atoms with Crippen LogP contribution in [0.4, 0.5) is 0 Å². The van der Waals surface area contributed by atoms with Crippen LogP contribution in [0.5, 0.6) is 0 Å². The fourth-order valence-electron chi connectivity index (χ4n) is 1.23. The number of benzene rings is 1. The van der Waals surface area contributed by atoms with E-state index in [9.17, 15) is 4.79 Å². The van der Waals surface area contributed by atoms with E-state index in [0.29, 0.717) is 11.6 Å². The van der Waals surface area contributed by atoms with E-state index in [0.717, 1.165) is 5.56 Å². The Hall–Kier alpha value is -0.770. The van der Waals surface area contributed by atoms with Gasteiger partial charge in [0.2, 0.25) is 0 Å². The van der Waals surface area contributed by atoms with Gasteiger partial charge in [-0.15, -0.1) is 11.6 Å². The summed E-state index contributed by atoms with van der Waals surface area (Å²) in [6.07, 6.45) is -0.401. The number of halogens is 2. The second-order valence-corrected chi connectivity index (χ2v) is 4.27. The molecule has 0 heterocycles. The molecular formula is C12H14Cl2O3. The van der Waals surface area contributed by atoms with E-state index >= 15 is 0 Å². The minimum Gasteiger partial charge on any atom is -0.459 e. The topological polar surface area (TPSA) is 35.5 Å². The molecule has 1 aromatic carbocycles. The van der Waals surface area contributed by atoms with Crippen LogP contribution in [0, 0.1) is 0 Å². The minimum atomic E-state index is -0.401. The standard InChI is InChI=1S/C12H14Cl2O3/c1-9(15)17-12(6-13)8-16-7-10-2-4-11(14)5-3-10/h2-5,12H,6-8H2,1H3. The molecule has 0 spiro atoms. The first-order valence-electron chi connectivity index (χ1n) is 5.17. The second-order valence-electron chi connectivity index (χ2n) is 3.53. The van der Waals surface area contributed by atoms with Crippen molar-refractivity contribution >= 4 is 29.2 Å². The summed E-state index contributed by atoms with van der Waals surface area (Å²) in [6.45, 7) is 2.07. The van der Waals surface area contributed by atoms with E-state index in [1.807, 2.05) is 12.1 Å². The molecule has 1 rings (SSSR count). The lowest BCUT2D eigenvalue weighted by molar-refractivity contribution is -0.148. The Morgan fingerprint density at radius 3 is 2.53 bits per heavy atom. The number of rotatable bonds is 6. The molecule has 0 amide bonds. The third kappa shape index (κ3) is 5.91. The number of carbonyl (C=O) groups is 1. The summed E-state index contributed by atoms with van der Waals surface area (Å²) < 4.78 is 10.3. The molecule has 1 aromatic rings. The van der Waals surface area contributed by atoms with Gasteiger partial charge >= 0.3 is 5.97 Å². The summed E-state index contributed by atoms with van der Waals surface area (Å²) >= 11 is 11.4. The van der Waals surface area contributed by atoms with Gasteiger partial charge in [-0.3, -0.25) is 4.79 Å². The van der Waals surface area contributed by atoms with E-state index in [1.54, 1.807) is 12.1 Å². The highest BCUT2D eigenvalue weighted by atomic mass is 35.5. The van der Waals surface area contributed by atoms with Crippen molar-refractivity contribution in [1.82, 2.24) is 0 Å². The van der Waals surface area contributed by atoms with E-state index < -0.39 is 6.10 Å². The van der Waals surface area contributed by atoms with Crippen molar-refractivity contribution in [3.63, 3.8) is 0 Å². The average Bonchev–Trinajstić information content (AvgIpc) is 2.30. The smallest absolute Gasteiger partial charge is 0.303 e. The molecule has 3 nitrogen and oxygen atoms in total. The van der Waals surface area contributed by atoms with Crippen LogP contribution in [0.15, 0.2) is 24.3 Å². The van der Waals surface area contributed by atoms with Gasteiger partial charge in [0.15, 0.2) is 0 Å². The fraction of sp³-hybridized carbons (Fsp3) is 0.417. The maximum absolute atomic E-state index is 10.7. The summed E-state index contributed by atoms with van der Waals surface area (Å²) in [4.78, 5) is 10.7. The fourth-order valence-corrected chi connectivity index (χ4v) is 1.51. The van der Waals surface area contributed by atoms with Gasteiger partial charge in [0.1, 0.15) is 6.10 Å². The SMILES string of the molecule is CC(=O)OC(CCl)COCc1ccc(Cl)cc1. The predicted molar refractivity (Wildman–Crippen MR) is 67.4 cm³/mol. The Morgan fingerprint density at radius 1 is 1.35 bits per heavy atom. The number of carbonyl (C=O) groups excluding carboxylic acids is 1. The zero-order valence-electron chi connectivity index (χ0n) is 9.49. The second kappa shape index (κ2) is 7.54. The van der Waals surface area contributed by atoms with E-state index in [4.69, 9.17) is 32.7 Å². The zero-order chi connectivity index (χ0) is 12.7. The van der Waals surface area contributed by atoms with Crippen molar-refractivity contribution in [1.29, 1.82) is 0 Å². The van der Waals surface area contributed by atoms with E-state index in [2.05, 4.69) is 0 Å². The van der Waals surface area contributed by atoms with Gasteiger partial charge in [0.25, 0.3) is 0 Å². The molecule has 0 bridgehead atoms. The molecule has 0 fully saturated rings. The van der Waals surface area contributed by atoms with Crippen molar-refractivity contribution in [3.8, 4) is 0 Å². The number of ether oxygens (including phenoxy) is 2. The average molecular weight is 277 g/mol. The Labute approximate surface area is 111 Å². The van der Waals surface area contributed by atoms with Crippen LogP contribution >= 0.6 is 23.2 Å². The molecule has 0 aliphatic carbocycles. The van der Waals surface area contributed by atoms with Gasteiger partial charge in [-0.1, -0.05) is 23.7 Å². The highest BCUT2D eigenvalue weighted by Gasteiger charge is 2.10. The molecule has 0 aromatic heterocycles. The van der Waals surface area contributed by atoms with Gasteiger partial charge in [-0.05, 0) is 17.7 Å². The van der Waals surface area contributed by atoms with Crippen LogP contribution < -0.4 is 0 Å². The molecule has 0 saturated heterocycles. The highest BCUT2D eigenvalue weighted by molar-refractivity contribution is 6.30. The Bertz CT molecular complexity index is 351. The Balaban J connectivity index is 2.30. The van der Waals surface area contributed by atoms with Crippen molar-refractivity contribution in [2.24, 2.45) is 0 Å². The third-order valence-electron chi connectivity index (χ3n) is 1.99. The molecule has 94 valence electrons. The summed E-state index contributed by atoms with van der Waals surface area (Å²) in [5.41, 5.74) is 1.01. The monoisotopic (exact) mass is 276 g/mol. The summed E-state index contributed by atoms with van der Waals surface area (Å²) in [6, 6.07) is 7.35. The summed E-state index contributed by atoms with van der Waals surface area (Å²) in [7, 11) is 0. The number of hydrogen-bond donors (Lipinski definition) is 0. The Kier molecular flexibility index (Phi) is 6.34. The number of alkyl halides is 1.